The summed E-state index contributed by atoms with van der Waals surface area (Å²) in [6, 6.07) is 5.28. The first-order chi connectivity index (χ1) is 10.2. The molecule has 2 N–H and O–H groups in total. The van der Waals surface area contributed by atoms with E-state index in [2.05, 4.69) is 10.1 Å². The van der Waals surface area contributed by atoms with Crippen molar-refractivity contribution >= 4 is 11.9 Å². The fourth-order valence-electron chi connectivity index (χ4n) is 2.01. The van der Waals surface area contributed by atoms with E-state index in [1.807, 2.05) is 0 Å². The minimum absolute atomic E-state index is 0.216. The van der Waals surface area contributed by atoms with Gasteiger partial charge in [-0.25, -0.2) is 0 Å². The molecule has 0 atom stereocenters. The number of carboxylic acids is 1. The molecule has 1 aliphatic rings. The van der Waals surface area contributed by atoms with E-state index in [0.717, 1.165) is 0 Å². The highest BCUT2D eigenvalue weighted by molar-refractivity contribution is 6.04. The molecule has 8 heteroatoms. The van der Waals surface area contributed by atoms with Crippen LogP contribution in [-0.4, -0.2) is 29.9 Å². The molecule has 0 unspecified atom stereocenters. The lowest BCUT2D eigenvalue weighted by molar-refractivity contribution is -0.274. The van der Waals surface area contributed by atoms with E-state index in [1.165, 1.54) is 24.3 Å². The Bertz CT molecular complexity index is 564. The largest absolute Gasteiger partial charge is 0.573 e. The number of benzene rings is 1. The van der Waals surface area contributed by atoms with Gasteiger partial charge < -0.3 is 15.2 Å². The average molecular weight is 317 g/mol. The van der Waals surface area contributed by atoms with Crippen molar-refractivity contribution in [1.29, 1.82) is 0 Å². The second kappa shape index (κ2) is 5.86. The number of carbonyl (C=O) groups excluding carboxylic acids is 1. The van der Waals surface area contributed by atoms with Gasteiger partial charge in [0.05, 0.1) is 0 Å². The molecule has 1 amide bonds. The highest BCUT2D eigenvalue weighted by Gasteiger charge is 2.56. The fraction of sp³-hybridized carbons (Fsp3) is 0.429. The van der Waals surface area contributed by atoms with Crippen LogP contribution < -0.4 is 10.1 Å². The van der Waals surface area contributed by atoms with Crippen molar-refractivity contribution in [2.24, 2.45) is 5.41 Å². The zero-order valence-corrected chi connectivity index (χ0v) is 11.4. The number of amides is 1. The highest BCUT2D eigenvalue weighted by atomic mass is 19.4. The first kappa shape index (κ1) is 16.1. The van der Waals surface area contributed by atoms with Gasteiger partial charge in [-0.3, -0.25) is 9.59 Å². The number of aliphatic carboxylic acids is 1. The lowest BCUT2D eigenvalue weighted by atomic mass is 10.1. The standard InChI is InChI=1S/C14H14F3NO4/c15-14(16,17)22-10-3-1-9(2-4-10)5-8-18-11(19)13(6-7-13)12(20)21/h1-4H,5-8H2,(H,18,19)(H,20,21). The van der Waals surface area contributed by atoms with Gasteiger partial charge in [0.1, 0.15) is 11.2 Å². The molecule has 1 aliphatic carbocycles. The Morgan fingerprint density at radius 3 is 2.27 bits per heavy atom. The molecule has 1 saturated carbocycles. The Labute approximate surface area is 124 Å². The number of rotatable bonds is 6. The van der Waals surface area contributed by atoms with Crippen LogP contribution in [0.1, 0.15) is 18.4 Å². The third-order valence-corrected chi connectivity index (χ3v) is 3.45. The number of hydrogen-bond acceptors (Lipinski definition) is 3. The SMILES string of the molecule is O=C(O)C1(C(=O)NCCc2ccc(OC(F)(F)F)cc2)CC1. The Kier molecular flexibility index (Phi) is 4.30. The van der Waals surface area contributed by atoms with Crippen molar-refractivity contribution in [3.63, 3.8) is 0 Å². The van der Waals surface area contributed by atoms with Crippen molar-refractivity contribution in [3.8, 4) is 5.75 Å². The highest BCUT2D eigenvalue weighted by Crippen LogP contribution is 2.46. The number of halogens is 3. The first-order valence-corrected chi connectivity index (χ1v) is 6.59. The van der Waals surface area contributed by atoms with Crippen LogP contribution >= 0.6 is 0 Å². The topological polar surface area (TPSA) is 75.6 Å². The number of alkyl halides is 3. The second-order valence-corrected chi connectivity index (χ2v) is 5.08. The molecule has 1 fully saturated rings. The number of carbonyl (C=O) groups is 2. The lowest BCUT2D eigenvalue weighted by Gasteiger charge is -2.11. The van der Waals surface area contributed by atoms with E-state index >= 15 is 0 Å². The van der Waals surface area contributed by atoms with Crippen molar-refractivity contribution in [2.75, 3.05) is 6.54 Å². The molecular weight excluding hydrogens is 303 g/mol. The van der Waals surface area contributed by atoms with Gasteiger partial charge in [-0.15, -0.1) is 13.2 Å². The van der Waals surface area contributed by atoms with Crippen LogP contribution in [0.2, 0.25) is 0 Å². The Morgan fingerprint density at radius 1 is 1.23 bits per heavy atom. The van der Waals surface area contributed by atoms with Gasteiger partial charge in [-0.2, -0.15) is 0 Å². The summed E-state index contributed by atoms with van der Waals surface area (Å²) in [5.41, 5.74) is -0.584. The van der Waals surface area contributed by atoms with Crippen LogP contribution in [0.25, 0.3) is 0 Å². The second-order valence-electron chi connectivity index (χ2n) is 5.08. The quantitative estimate of drug-likeness (QED) is 0.788. The van der Waals surface area contributed by atoms with Gasteiger partial charge in [0.15, 0.2) is 0 Å². The molecule has 0 spiro atoms. The van der Waals surface area contributed by atoms with Gasteiger partial charge in [-0.1, -0.05) is 12.1 Å². The Morgan fingerprint density at radius 2 is 1.82 bits per heavy atom. The molecule has 0 radical (unpaired) electrons. The number of nitrogens with one attached hydrogen (secondary N) is 1. The fourth-order valence-corrected chi connectivity index (χ4v) is 2.01. The number of hydrogen-bond donors (Lipinski definition) is 2. The van der Waals surface area contributed by atoms with E-state index in [0.29, 0.717) is 24.8 Å². The average Bonchev–Trinajstić information content (AvgIpc) is 3.20. The lowest BCUT2D eigenvalue weighted by Crippen LogP contribution is -2.37. The molecule has 0 saturated heterocycles. The zero-order valence-electron chi connectivity index (χ0n) is 11.4. The molecule has 1 aromatic carbocycles. The van der Waals surface area contributed by atoms with Crippen LogP contribution in [0.3, 0.4) is 0 Å². The summed E-state index contributed by atoms with van der Waals surface area (Å²) >= 11 is 0. The maximum absolute atomic E-state index is 12.0. The van der Waals surface area contributed by atoms with Gasteiger partial charge in [-0.05, 0) is 37.0 Å². The normalized spacial score (nSPS) is 16.0. The summed E-state index contributed by atoms with van der Waals surface area (Å²) < 4.78 is 39.7. The first-order valence-electron chi connectivity index (χ1n) is 6.59. The molecule has 2 rings (SSSR count). The van der Waals surface area contributed by atoms with Gasteiger partial charge in [0.25, 0.3) is 0 Å². The molecule has 120 valence electrons. The smallest absolute Gasteiger partial charge is 0.480 e. The number of carboxylic acid groups (broad SMARTS) is 1. The molecule has 22 heavy (non-hydrogen) atoms. The van der Waals surface area contributed by atoms with E-state index in [1.54, 1.807) is 0 Å². The summed E-state index contributed by atoms with van der Waals surface area (Å²) in [5.74, 6) is -1.96. The van der Waals surface area contributed by atoms with Crippen molar-refractivity contribution in [2.45, 2.75) is 25.6 Å². The Hall–Kier alpha value is -2.25. The van der Waals surface area contributed by atoms with Crippen molar-refractivity contribution in [1.82, 2.24) is 5.32 Å². The van der Waals surface area contributed by atoms with Crippen LogP contribution in [0.5, 0.6) is 5.75 Å². The Balaban J connectivity index is 1.80. The van der Waals surface area contributed by atoms with Crippen LogP contribution in [0.4, 0.5) is 13.2 Å². The minimum Gasteiger partial charge on any atom is -0.480 e. The predicted octanol–water partition coefficient (Wildman–Crippen LogP) is 2.11. The third-order valence-electron chi connectivity index (χ3n) is 3.45. The summed E-state index contributed by atoms with van der Waals surface area (Å²) in [7, 11) is 0. The molecular formula is C14H14F3NO4. The van der Waals surface area contributed by atoms with Crippen LogP contribution in [0, 0.1) is 5.41 Å². The van der Waals surface area contributed by atoms with Crippen LogP contribution in [-0.2, 0) is 16.0 Å². The summed E-state index contributed by atoms with van der Waals surface area (Å²) in [4.78, 5) is 22.7. The van der Waals surface area contributed by atoms with Crippen molar-refractivity contribution in [3.05, 3.63) is 29.8 Å². The molecule has 0 bridgehead atoms. The van der Waals surface area contributed by atoms with Gasteiger partial charge in [0.2, 0.25) is 5.91 Å². The molecule has 1 aromatic rings. The number of ether oxygens (including phenoxy) is 1. The van der Waals surface area contributed by atoms with Crippen molar-refractivity contribution < 1.29 is 32.6 Å². The maximum Gasteiger partial charge on any atom is 0.573 e. The molecule has 5 nitrogen and oxygen atoms in total. The molecule has 0 aromatic heterocycles. The van der Waals surface area contributed by atoms with E-state index in [9.17, 15) is 22.8 Å². The summed E-state index contributed by atoms with van der Waals surface area (Å²) in [5, 5.41) is 11.5. The maximum atomic E-state index is 12.0. The third kappa shape index (κ3) is 3.90. The summed E-state index contributed by atoms with van der Waals surface area (Å²) in [6.07, 6.45) is -3.69. The monoisotopic (exact) mass is 317 g/mol. The minimum atomic E-state index is -4.73. The molecule has 0 heterocycles. The van der Waals surface area contributed by atoms with E-state index < -0.39 is 23.7 Å². The zero-order chi connectivity index (χ0) is 16.4. The van der Waals surface area contributed by atoms with E-state index in [-0.39, 0.29) is 12.3 Å². The summed E-state index contributed by atoms with van der Waals surface area (Å²) in [6.45, 7) is 0.216. The van der Waals surface area contributed by atoms with Gasteiger partial charge in [0, 0.05) is 6.54 Å². The van der Waals surface area contributed by atoms with E-state index in [4.69, 9.17) is 5.11 Å². The predicted molar refractivity (Wildman–Crippen MR) is 69.1 cm³/mol. The molecule has 0 aliphatic heterocycles. The van der Waals surface area contributed by atoms with Gasteiger partial charge >= 0.3 is 12.3 Å². The van der Waals surface area contributed by atoms with Crippen LogP contribution in [0.15, 0.2) is 24.3 Å².